The van der Waals surface area contributed by atoms with Gasteiger partial charge in [-0.3, -0.25) is 9.79 Å². The average Bonchev–Trinajstić information content (AvgIpc) is 2.32. The molecule has 1 aliphatic rings. The Morgan fingerprint density at radius 1 is 1.55 bits per heavy atom. The van der Waals surface area contributed by atoms with Gasteiger partial charge in [-0.15, -0.1) is 0 Å². The molecule has 11 heavy (non-hydrogen) atoms. The second-order valence-electron chi connectivity index (χ2n) is 2.07. The molecule has 0 atom stereocenters. The van der Waals surface area contributed by atoms with Gasteiger partial charge in [-0.2, -0.15) is 13.2 Å². The van der Waals surface area contributed by atoms with Gasteiger partial charge in [0.15, 0.2) is 6.29 Å². The summed E-state index contributed by atoms with van der Waals surface area (Å²) in [7, 11) is 0. The first-order valence-electron chi connectivity index (χ1n) is 2.82. The molecule has 0 spiro atoms. The first kappa shape index (κ1) is 7.97. The number of hydrogen-bond donors (Lipinski definition) is 0. The number of hydrogen-bond acceptors (Lipinski definition) is 2. The highest BCUT2D eigenvalue weighted by Gasteiger charge is 2.35. The molecule has 0 bridgehead atoms. The van der Waals surface area contributed by atoms with E-state index in [0.29, 0.717) is 12.5 Å². The molecule has 1 rings (SSSR count). The molecule has 0 amide bonds. The Bertz CT molecular complexity index is 239. The van der Waals surface area contributed by atoms with E-state index in [1.54, 1.807) is 0 Å². The Balaban J connectivity index is 2.67. The average molecular weight is 163 g/mol. The largest absolute Gasteiger partial charge is 0.414 e. The van der Waals surface area contributed by atoms with E-state index in [9.17, 15) is 18.0 Å². The molecule has 1 aliphatic heterocycles. The molecule has 0 aromatic heterocycles. The van der Waals surface area contributed by atoms with E-state index >= 15 is 0 Å². The Morgan fingerprint density at radius 2 is 2.18 bits per heavy atom. The van der Waals surface area contributed by atoms with Gasteiger partial charge in [0.05, 0.1) is 11.3 Å². The number of aldehydes is 1. The third kappa shape index (κ3) is 1.66. The van der Waals surface area contributed by atoms with E-state index in [4.69, 9.17) is 0 Å². The van der Waals surface area contributed by atoms with Crippen molar-refractivity contribution in [2.24, 2.45) is 4.99 Å². The van der Waals surface area contributed by atoms with E-state index in [2.05, 4.69) is 4.99 Å². The monoisotopic (exact) mass is 163 g/mol. The fourth-order valence-electron chi connectivity index (χ4n) is 0.693. The molecular weight excluding hydrogens is 159 g/mol. The second-order valence-corrected chi connectivity index (χ2v) is 2.07. The van der Waals surface area contributed by atoms with Crippen LogP contribution in [0.2, 0.25) is 0 Å². The molecule has 0 unspecified atom stereocenters. The number of halogens is 3. The van der Waals surface area contributed by atoms with Gasteiger partial charge in [0.2, 0.25) is 0 Å². The number of carbonyl (C=O) groups is 1. The third-order valence-corrected chi connectivity index (χ3v) is 1.26. The lowest BCUT2D eigenvalue weighted by Crippen LogP contribution is -2.12. The molecule has 0 saturated carbocycles. The maximum absolute atomic E-state index is 11.8. The maximum atomic E-state index is 11.8. The standard InChI is InChI=1S/C6H4F3NO/c7-6(8,9)4-1-5(3-11)10-2-4/h2-3H,1H2. The summed E-state index contributed by atoms with van der Waals surface area (Å²) in [6.45, 7) is 0. The summed E-state index contributed by atoms with van der Waals surface area (Å²) in [6, 6.07) is 0. The van der Waals surface area contributed by atoms with Crippen molar-refractivity contribution in [2.75, 3.05) is 0 Å². The van der Waals surface area contributed by atoms with Crippen molar-refractivity contribution < 1.29 is 18.0 Å². The number of carbonyl (C=O) groups excluding carboxylic acids is 1. The zero-order valence-corrected chi connectivity index (χ0v) is 5.35. The van der Waals surface area contributed by atoms with Gasteiger partial charge in [-0.05, 0) is 0 Å². The Kier molecular flexibility index (Phi) is 1.80. The molecule has 0 fully saturated rings. The molecule has 0 saturated heterocycles. The van der Waals surface area contributed by atoms with E-state index in [0.717, 1.165) is 0 Å². The van der Waals surface area contributed by atoms with Crippen LogP contribution >= 0.6 is 0 Å². The van der Waals surface area contributed by atoms with Gasteiger partial charge in [-0.1, -0.05) is 0 Å². The Labute approximate surface area is 60.4 Å². The van der Waals surface area contributed by atoms with Crippen molar-refractivity contribution in [2.45, 2.75) is 12.6 Å². The third-order valence-electron chi connectivity index (χ3n) is 1.26. The molecule has 0 radical (unpaired) electrons. The minimum Gasteiger partial charge on any atom is -0.297 e. The lowest BCUT2D eigenvalue weighted by Gasteiger charge is -2.04. The molecule has 0 aliphatic carbocycles. The molecule has 0 aromatic rings. The number of alkyl halides is 3. The van der Waals surface area contributed by atoms with Crippen LogP contribution in [0.15, 0.2) is 16.8 Å². The predicted molar refractivity (Wildman–Crippen MR) is 32.3 cm³/mol. The summed E-state index contributed by atoms with van der Waals surface area (Å²) in [4.78, 5) is 13.2. The van der Waals surface area contributed by atoms with Gasteiger partial charge in [0.25, 0.3) is 0 Å². The fraction of sp³-hybridized carbons (Fsp3) is 0.333. The molecule has 0 aromatic carbocycles. The molecule has 2 nitrogen and oxygen atoms in total. The highest BCUT2D eigenvalue weighted by Crippen LogP contribution is 2.30. The van der Waals surface area contributed by atoms with E-state index in [-0.39, 0.29) is 5.71 Å². The number of rotatable bonds is 1. The minimum absolute atomic E-state index is 0.0719. The van der Waals surface area contributed by atoms with Gasteiger partial charge in [-0.25, -0.2) is 0 Å². The fourth-order valence-corrected chi connectivity index (χ4v) is 0.693. The van der Waals surface area contributed by atoms with Crippen LogP contribution in [0, 0.1) is 0 Å². The summed E-state index contributed by atoms with van der Waals surface area (Å²) in [5, 5.41) is 0. The van der Waals surface area contributed by atoms with E-state index in [1.165, 1.54) is 0 Å². The zero-order valence-electron chi connectivity index (χ0n) is 5.35. The van der Waals surface area contributed by atoms with Crippen LogP contribution in [0.5, 0.6) is 0 Å². The van der Waals surface area contributed by atoms with Crippen LogP contribution in [0.1, 0.15) is 6.42 Å². The quantitative estimate of drug-likeness (QED) is 0.538. The van der Waals surface area contributed by atoms with Crippen LogP contribution in [0.4, 0.5) is 13.2 Å². The van der Waals surface area contributed by atoms with Crippen LogP contribution < -0.4 is 0 Å². The van der Waals surface area contributed by atoms with Gasteiger partial charge >= 0.3 is 6.18 Å². The zero-order chi connectivity index (χ0) is 8.48. The van der Waals surface area contributed by atoms with Crippen molar-refractivity contribution in [3.8, 4) is 0 Å². The Morgan fingerprint density at radius 3 is 2.45 bits per heavy atom. The van der Waals surface area contributed by atoms with Gasteiger partial charge in [0, 0.05) is 12.6 Å². The number of nitrogens with zero attached hydrogens (tertiary/aromatic N) is 1. The van der Waals surface area contributed by atoms with Crippen molar-refractivity contribution >= 4 is 12.0 Å². The summed E-state index contributed by atoms with van der Waals surface area (Å²) >= 11 is 0. The normalized spacial score (nSPS) is 17.7. The molecular formula is C6H4F3NO. The maximum Gasteiger partial charge on any atom is 0.414 e. The predicted octanol–water partition coefficient (Wildman–Crippen LogP) is 1.48. The van der Waals surface area contributed by atoms with Crippen LogP contribution in [-0.4, -0.2) is 18.2 Å². The highest BCUT2D eigenvalue weighted by molar-refractivity contribution is 6.29. The molecule has 5 heteroatoms. The van der Waals surface area contributed by atoms with Gasteiger partial charge in [0.1, 0.15) is 0 Å². The van der Waals surface area contributed by atoms with Crippen molar-refractivity contribution in [1.29, 1.82) is 0 Å². The molecule has 1 heterocycles. The van der Waals surface area contributed by atoms with Crippen LogP contribution in [0.25, 0.3) is 0 Å². The number of allylic oxidation sites excluding steroid dienone is 1. The lowest BCUT2D eigenvalue weighted by atomic mass is 10.2. The number of aliphatic imine (C=N–C) groups is 1. The summed E-state index contributed by atoms with van der Waals surface area (Å²) in [5.41, 5.74) is -0.836. The smallest absolute Gasteiger partial charge is 0.297 e. The van der Waals surface area contributed by atoms with Crippen LogP contribution in [-0.2, 0) is 4.79 Å². The van der Waals surface area contributed by atoms with E-state index in [1.807, 2.05) is 0 Å². The summed E-state index contributed by atoms with van der Waals surface area (Å²) in [6.07, 6.45) is -3.74. The van der Waals surface area contributed by atoms with E-state index < -0.39 is 18.2 Å². The minimum atomic E-state index is -4.35. The second kappa shape index (κ2) is 2.48. The first-order chi connectivity index (χ1) is 5.04. The Hall–Kier alpha value is -1.13. The molecule has 0 N–H and O–H groups in total. The van der Waals surface area contributed by atoms with Crippen molar-refractivity contribution in [3.05, 3.63) is 11.8 Å². The molecule has 60 valence electrons. The van der Waals surface area contributed by atoms with Gasteiger partial charge < -0.3 is 0 Å². The highest BCUT2D eigenvalue weighted by atomic mass is 19.4. The van der Waals surface area contributed by atoms with Crippen LogP contribution in [0.3, 0.4) is 0 Å². The summed E-state index contributed by atoms with van der Waals surface area (Å²) in [5.74, 6) is 0. The van der Waals surface area contributed by atoms with Crippen molar-refractivity contribution in [3.63, 3.8) is 0 Å². The SMILES string of the molecule is O=CC1=NC=C(C(F)(F)F)C1. The van der Waals surface area contributed by atoms with Crippen molar-refractivity contribution in [1.82, 2.24) is 0 Å². The lowest BCUT2D eigenvalue weighted by molar-refractivity contribution is -0.102. The topological polar surface area (TPSA) is 29.4 Å². The summed E-state index contributed by atoms with van der Waals surface area (Å²) < 4.78 is 35.4. The first-order valence-corrected chi connectivity index (χ1v) is 2.82.